The van der Waals surface area contributed by atoms with Crippen molar-refractivity contribution >= 4 is 27.3 Å². The molecule has 9 heteroatoms. The second-order valence-electron chi connectivity index (χ2n) is 5.80. The van der Waals surface area contributed by atoms with Gasteiger partial charge in [-0.2, -0.15) is 0 Å². The van der Waals surface area contributed by atoms with Crippen molar-refractivity contribution in [1.29, 1.82) is 0 Å². The van der Waals surface area contributed by atoms with Crippen molar-refractivity contribution in [1.82, 2.24) is 4.31 Å². The van der Waals surface area contributed by atoms with E-state index in [1.54, 1.807) is 6.07 Å². The van der Waals surface area contributed by atoms with Gasteiger partial charge in [0.25, 0.3) is 0 Å². The Morgan fingerprint density at radius 1 is 1.04 bits per heavy atom. The predicted molar refractivity (Wildman–Crippen MR) is 95.4 cm³/mol. The molecule has 26 heavy (non-hydrogen) atoms. The number of anilines is 2. The van der Waals surface area contributed by atoms with Gasteiger partial charge in [-0.25, -0.2) is 21.5 Å². The number of hydrogen-bond acceptors (Lipinski definition) is 4. The second kappa shape index (κ2) is 7.79. The van der Waals surface area contributed by atoms with Crippen LogP contribution < -0.4 is 10.6 Å². The van der Waals surface area contributed by atoms with Crippen LogP contribution in [0, 0.1) is 11.6 Å². The molecule has 2 N–H and O–H groups in total. The van der Waals surface area contributed by atoms with E-state index < -0.39 is 33.6 Å². The van der Waals surface area contributed by atoms with Crippen LogP contribution in [0.25, 0.3) is 0 Å². The summed E-state index contributed by atoms with van der Waals surface area (Å²) in [7, 11) is -0.801. The summed E-state index contributed by atoms with van der Waals surface area (Å²) in [5.41, 5.74) is 0.548. The van der Waals surface area contributed by atoms with Crippen LogP contribution in [0.4, 0.5) is 20.2 Å². The SMILES string of the molecule is CC(Nc1ccc(F)c(F)c1)C(=O)Nc1cccc(S(=O)(=O)N(C)C)c1. The third-order valence-corrected chi connectivity index (χ3v) is 5.39. The van der Waals surface area contributed by atoms with Crippen LogP contribution in [0.5, 0.6) is 0 Å². The monoisotopic (exact) mass is 383 g/mol. The molecule has 2 aromatic carbocycles. The number of nitrogens with one attached hydrogen (secondary N) is 2. The van der Waals surface area contributed by atoms with Crippen molar-refractivity contribution in [2.24, 2.45) is 0 Å². The first-order chi connectivity index (χ1) is 12.1. The fourth-order valence-corrected chi connectivity index (χ4v) is 3.05. The normalized spacial score (nSPS) is 12.7. The van der Waals surface area contributed by atoms with Crippen molar-refractivity contribution in [2.75, 3.05) is 24.7 Å². The Morgan fingerprint density at radius 3 is 2.35 bits per heavy atom. The maximum atomic E-state index is 13.2. The van der Waals surface area contributed by atoms with Gasteiger partial charge in [-0.15, -0.1) is 0 Å². The quantitative estimate of drug-likeness (QED) is 0.804. The van der Waals surface area contributed by atoms with Crippen LogP contribution in [0.2, 0.25) is 0 Å². The number of amides is 1. The molecule has 0 heterocycles. The van der Waals surface area contributed by atoms with Crippen LogP contribution in [0.15, 0.2) is 47.4 Å². The number of halogens is 2. The summed E-state index contributed by atoms with van der Waals surface area (Å²) in [6.45, 7) is 1.54. The van der Waals surface area contributed by atoms with Gasteiger partial charge in [-0.1, -0.05) is 6.07 Å². The highest BCUT2D eigenvalue weighted by Crippen LogP contribution is 2.19. The molecule has 0 spiro atoms. The Bertz CT molecular complexity index is 917. The predicted octanol–water partition coefficient (Wildman–Crippen LogP) is 2.65. The largest absolute Gasteiger partial charge is 0.374 e. The number of carbonyl (C=O) groups excluding carboxylic acids is 1. The molecular weight excluding hydrogens is 364 g/mol. The van der Waals surface area contributed by atoms with Crippen molar-refractivity contribution < 1.29 is 22.0 Å². The fourth-order valence-electron chi connectivity index (χ4n) is 2.10. The van der Waals surface area contributed by atoms with Crippen LogP contribution in [-0.2, 0) is 14.8 Å². The maximum Gasteiger partial charge on any atom is 0.246 e. The highest BCUT2D eigenvalue weighted by atomic mass is 32.2. The molecule has 0 fully saturated rings. The van der Waals surface area contributed by atoms with E-state index in [1.807, 2.05) is 0 Å². The van der Waals surface area contributed by atoms with Gasteiger partial charge in [0.05, 0.1) is 4.90 Å². The van der Waals surface area contributed by atoms with Gasteiger partial charge in [-0.3, -0.25) is 4.79 Å². The Labute approximate surface area is 150 Å². The zero-order valence-electron chi connectivity index (χ0n) is 14.5. The molecule has 140 valence electrons. The van der Waals surface area contributed by atoms with E-state index in [9.17, 15) is 22.0 Å². The summed E-state index contributed by atoms with van der Waals surface area (Å²) >= 11 is 0. The molecule has 2 aromatic rings. The first-order valence-electron chi connectivity index (χ1n) is 7.66. The van der Waals surface area contributed by atoms with Crippen LogP contribution in [0.3, 0.4) is 0 Å². The minimum Gasteiger partial charge on any atom is -0.374 e. The van der Waals surface area contributed by atoms with E-state index in [-0.39, 0.29) is 10.6 Å². The van der Waals surface area contributed by atoms with Crippen molar-refractivity contribution in [3.05, 3.63) is 54.1 Å². The molecular formula is C17H19F2N3O3S. The maximum absolute atomic E-state index is 13.2. The zero-order chi connectivity index (χ0) is 19.5. The molecule has 1 atom stereocenters. The molecule has 0 radical (unpaired) electrons. The summed E-state index contributed by atoms with van der Waals surface area (Å²) in [4.78, 5) is 12.3. The minimum absolute atomic E-state index is 0.0431. The molecule has 0 saturated carbocycles. The molecule has 1 amide bonds. The van der Waals surface area contributed by atoms with Gasteiger partial charge >= 0.3 is 0 Å². The van der Waals surface area contributed by atoms with Crippen molar-refractivity contribution in [2.45, 2.75) is 17.9 Å². The van der Waals surface area contributed by atoms with E-state index in [1.165, 1.54) is 45.3 Å². The smallest absolute Gasteiger partial charge is 0.246 e. The van der Waals surface area contributed by atoms with Crippen LogP contribution >= 0.6 is 0 Å². The number of rotatable bonds is 6. The number of nitrogens with zero attached hydrogens (tertiary/aromatic N) is 1. The molecule has 0 aliphatic rings. The summed E-state index contributed by atoms with van der Waals surface area (Å²) in [6, 6.07) is 8.28. The number of benzene rings is 2. The van der Waals surface area contributed by atoms with Crippen molar-refractivity contribution in [3.63, 3.8) is 0 Å². The standard InChI is InChI=1S/C17H19F2N3O3S/c1-11(20-13-7-8-15(18)16(19)10-13)17(23)21-12-5-4-6-14(9-12)26(24,25)22(2)3/h4-11,20H,1-3H3,(H,21,23). The van der Waals surface area contributed by atoms with Gasteiger partial charge in [0.1, 0.15) is 6.04 Å². The topological polar surface area (TPSA) is 78.5 Å². The minimum atomic E-state index is -3.62. The average Bonchev–Trinajstić information content (AvgIpc) is 2.58. The van der Waals surface area contributed by atoms with E-state index >= 15 is 0 Å². The lowest BCUT2D eigenvalue weighted by molar-refractivity contribution is -0.116. The van der Waals surface area contributed by atoms with Crippen LogP contribution in [-0.4, -0.2) is 38.8 Å². The molecule has 6 nitrogen and oxygen atoms in total. The summed E-state index contributed by atoms with van der Waals surface area (Å²) < 4.78 is 51.5. The zero-order valence-corrected chi connectivity index (χ0v) is 15.3. The average molecular weight is 383 g/mol. The summed E-state index contributed by atoms with van der Waals surface area (Å²) in [5, 5.41) is 5.33. The molecule has 0 saturated heterocycles. The lowest BCUT2D eigenvalue weighted by atomic mass is 10.2. The second-order valence-corrected chi connectivity index (χ2v) is 7.95. The first-order valence-corrected chi connectivity index (χ1v) is 9.10. The summed E-state index contributed by atoms with van der Waals surface area (Å²) in [6.07, 6.45) is 0. The molecule has 0 aliphatic carbocycles. The third-order valence-electron chi connectivity index (χ3n) is 3.58. The van der Waals surface area contributed by atoms with Gasteiger partial charge < -0.3 is 10.6 Å². The van der Waals surface area contributed by atoms with E-state index in [0.717, 1.165) is 16.4 Å². The molecule has 0 aromatic heterocycles. The van der Waals surface area contributed by atoms with E-state index in [4.69, 9.17) is 0 Å². The number of hydrogen-bond donors (Lipinski definition) is 2. The molecule has 2 rings (SSSR count). The van der Waals surface area contributed by atoms with Gasteiger partial charge in [-0.05, 0) is 37.3 Å². The van der Waals surface area contributed by atoms with Gasteiger partial charge in [0.15, 0.2) is 11.6 Å². The Balaban J connectivity index is 2.10. The highest BCUT2D eigenvalue weighted by Gasteiger charge is 2.19. The van der Waals surface area contributed by atoms with Crippen molar-refractivity contribution in [3.8, 4) is 0 Å². The molecule has 0 bridgehead atoms. The lowest BCUT2D eigenvalue weighted by Gasteiger charge is -2.16. The Morgan fingerprint density at radius 2 is 1.73 bits per heavy atom. The lowest BCUT2D eigenvalue weighted by Crippen LogP contribution is -2.32. The Kier molecular flexibility index (Phi) is 5.94. The molecule has 1 unspecified atom stereocenters. The van der Waals surface area contributed by atoms with E-state index in [2.05, 4.69) is 10.6 Å². The fraction of sp³-hybridized carbons (Fsp3) is 0.235. The van der Waals surface area contributed by atoms with E-state index in [0.29, 0.717) is 5.69 Å². The number of sulfonamides is 1. The molecule has 0 aliphatic heterocycles. The number of carbonyl (C=O) groups is 1. The highest BCUT2D eigenvalue weighted by molar-refractivity contribution is 7.89. The third kappa shape index (κ3) is 4.55. The summed E-state index contributed by atoms with van der Waals surface area (Å²) in [5.74, 6) is -2.47. The van der Waals surface area contributed by atoms with Gasteiger partial charge in [0.2, 0.25) is 15.9 Å². The van der Waals surface area contributed by atoms with Gasteiger partial charge in [0, 0.05) is 31.5 Å². The van der Waals surface area contributed by atoms with Crippen LogP contribution in [0.1, 0.15) is 6.92 Å². The first kappa shape index (κ1) is 19.8. The Hall–Kier alpha value is -2.52.